The first kappa shape index (κ1) is 19.8. The van der Waals surface area contributed by atoms with E-state index in [-0.39, 0.29) is 17.9 Å². The summed E-state index contributed by atoms with van der Waals surface area (Å²) in [5.74, 6) is 1.40. The summed E-state index contributed by atoms with van der Waals surface area (Å²) in [5.41, 5.74) is 6.57. The van der Waals surface area contributed by atoms with Gasteiger partial charge in [0.25, 0.3) is 0 Å². The second-order valence-corrected chi connectivity index (χ2v) is 7.68. The van der Waals surface area contributed by atoms with Crippen LogP contribution in [0.2, 0.25) is 0 Å². The third kappa shape index (κ3) is 3.72. The van der Waals surface area contributed by atoms with Crippen molar-refractivity contribution in [1.82, 2.24) is 20.3 Å². The standard InChI is InChI=1S/C21H24N4.ClH.H2O/c1-13-9-17(21-23-12-20-18(25-21)7-8-22-20)11-19(24-13)16-6-5-14-3-2-4-15(14)10-16;;/h5-8,10,12-13,17,19,22,24H,2-4,9,11H2,1H3;1H;1H2. The van der Waals surface area contributed by atoms with Crippen molar-refractivity contribution in [3.8, 4) is 0 Å². The lowest BCUT2D eigenvalue weighted by molar-refractivity contribution is 0.300. The van der Waals surface area contributed by atoms with Crippen molar-refractivity contribution in [3.05, 3.63) is 59.2 Å². The van der Waals surface area contributed by atoms with Gasteiger partial charge in [-0.1, -0.05) is 18.2 Å². The number of aromatic nitrogens is 3. The molecule has 0 saturated carbocycles. The van der Waals surface area contributed by atoms with Crippen LogP contribution >= 0.6 is 12.4 Å². The van der Waals surface area contributed by atoms with Crippen LogP contribution in [-0.2, 0) is 12.8 Å². The number of H-pyrrole nitrogens is 1. The van der Waals surface area contributed by atoms with Gasteiger partial charge in [-0.15, -0.1) is 12.4 Å². The molecule has 2 aromatic heterocycles. The summed E-state index contributed by atoms with van der Waals surface area (Å²) >= 11 is 0. The SMILES string of the molecule is CC1CC(c2ncc3[nH]ccc3n2)CC(c2ccc3c(c2)CCC3)N1.Cl.O. The molecule has 0 radical (unpaired) electrons. The summed E-state index contributed by atoms with van der Waals surface area (Å²) in [7, 11) is 0. The maximum atomic E-state index is 4.81. The van der Waals surface area contributed by atoms with E-state index in [4.69, 9.17) is 4.98 Å². The summed E-state index contributed by atoms with van der Waals surface area (Å²) in [6.07, 6.45) is 9.81. The minimum Gasteiger partial charge on any atom is -0.412 e. The molecule has 144 valence electrons. The van der Waals surface area contributed by atoms with Gasteiger partial charge in [0.15, 0.2) is 0 Å². The van der Waals surface area contributed by atoms with Gasteiger partial charge in [-0.3, -0.25) is 0 Å². The number of hydrogen-bond acceptors (Lipinski definition) is 3. The van der Waals surface area contributed by atoms with E-state index < -0.39 is 0 Å². The molecule has 5 rings (SSSR count). The fourth-order valence-electron chi connectivity index (χ4n) is 4.59. The first-order chi connectivity index (χ1) is 12.3. The molecule has 6 heteroatoms. The number of halogens is 1. The molecule has 3 aromatic rings. The highest BCUT2D eigenvalue weighted by Gasteiger charge is 2.30. The van der Waals surface area contributed by atoms with E-state index in [1.165, 1.54) is 24.8 Å². The Morgan fingerprint density at radius 1 is 1.07 bits per heavy atom. The molecule has 3 heterocycles. The number of fused-ring (bicyclic) bond motifs is 2. The predicted molar refractivity (Wildman–Crippen MR) is 111 cm³/mol. The molecule has 0 amide bonds. The lowest BCUT2D eigenvalue weighted by Crippen LogP contribution is -2.38. The minimum absolute atomic E-state index is 0. The molecule has 4 N–H and O–H groups in total. The Morgan fingerprint density at radius 2 is 1.93 bits per heavy atom. The van der Waals surface area contributed by atoms with E-state index in [1.807, 2.05) is 18.5 Å². The summed E-state index contributed by atoms with van der Waals surface area (Å²) in [6.45, 7) is 2.28. The molecule has 0 spiro atoms. The summed E-state index contributed by atoms with van der Waals surface area (Å²) < 4.78 is 0. The van der Waals surface area contributed by atoms with E-state index in [9.17, 15) is 0 Å². The van der Waals surface area contributed by atoms with E-state index in [1.54, 1.807) is 11.1 Å². The molecule has 0 bridgehead atoms. The fourth-order valence-corrected chi connectivity index (χ4v) is 4.59. The zero-order chi connectivity index (χ0) is 16.8. The number of piperidine rings is 1. The van der Waals surface area contributed by atoms with Gasteiger partial charge in [0, 0.05) is 24.2 Å². The molecule has 2 aliphatic rings. The number of nitrogens with one attached hydrogen (secondary N) is 2. The number of benzene rings is 1. The van der Waals surface area contributed by atoms with Crippen molar-refractivity contribution >= 4 is 23.4 Å². The van der Waals surface area contributed by atoms with Crippen LogP contribution in [-0.4, -0.2) is 26.5 Å². The third-order valence-corrected chi connectivity index (χ3v) is 5.85. The van der Waals surface area contributed by atoms with Crippen LogP contribution in [0.1, 0.15) is 60.7 Å². The molecule has 1 fully saturated rings. The lowest BCUT2D eigenvalue weighted by Gasteiger charge is -2.34. The largest absolute Gasteiger partial charge is 0.412 e. The first-order valence-electron chi connectivity index (χ1n) is 9.44. The van der Waals surface area contributed by atoms with Crippen LogP contribution in [0.25, 0.3) is 11.0 Å². The highest BCUT2D eigenvalue weighted by molar-refractivity contribution is 5.85. The first-order valence-corrected chi connectivity index (χ1v) is 9.44. The summed E-state index contributed by atoms with van der Waals surface area (Å²) in [5, 5.41) is 3.79. The molecular weight excluding hydrogens is 360 g/mol. The number of aryl methyl sites for hydroxylation is 2. The molecule has 1 aliphatic carbocycles. The summed E-state index contributed by atoms with van der Waals surface area (Å²) in [6, 6.07) is 10.0. The van der Waals surface area contributed by atoms with E-state index in [0.29, 0.717) is 18.0 Å². The Kier molecular flexibility index (Phi) is 5.84. The Hall–Kier alpha value is -1.95. The number of rotatable bonds is 2. The van der Waals surface area contributed by atoms with Crippen LogP contribution < -0.4 is 5.32 Å². The number of nitrogens with zero attached hydrogens (tertiary/aromatic N) is 2. The Labute approximate surface area is 165 Å². The van der Waals surface area contributed by atoms with Crippen LogP contribution in [0.15, 0.2) is 36.7 Å². The molecule has 27 heavy (non-hydrogen) atoms. The molecular formula is C21H27ClN4O. The van der Waals surface area contributed by atoms with Crippen molar-refractivity contribution in [2.75, 3.05) is 0 Å². The van der Waals surface area contributed by atoms with Gasteiger partial charge in [0.2, 0.25) is 0 Å². The van der Waals surface area contributed by atoms with Crippen LogP contribution in [0, 0.1) is 0 Å². The normalized spacial score (nSPS) is 24.1. The molecule has 1 aromatic carbocycles. The topological polar surface area (TPSA) is 85.1 Å². The highest BCUT2D eigenvalue weighted by atomic mass is 35.5. The van der Waals surface area contributed by atoms with Crippen LogP contribution in [0.5, 0.6) is 0 Å². The number of aromatic amines is 1. The smallest absolute Gasteiger partial charge is 0.132 e. The van der Waals surface area contributed by atoms with Crippen molar-refractivity contribution in [2.24, 2.45) is 0 Å². The quantitative estimate of drug-likeness (QED) is 0.705. The maximum Gasteiger partial charge on any atom is 0.132 e. The monoisotopic (exact) mass is 386 g/mol. The predicted octanol–water partition coefficient (Wildman–Crippen LogP) is 3.64. The summed E-state index contributed by atoms with van der Waals surface area (Å²) in [4.78, 5) is 12.6. The zero-order valence-corrected chi connectivity index (χ0v) is 16.4. The van der Waals surface area contributed by atoms with Gasteiger partial charge >= 0.3 is 0 Å². The third-order valence-electron chi connectivity index (χ3n) is 5.85. The Balaban J connectivity index is 0.00000105. The van der Waals surface area contributed by atoms with Crippen LogP contribution in [0.3, 0.4) is 0 Å². The minimum atomic E-state index is 0. The van der Waals surface area contributed by atoms with Crippen LogP contribution in [0.4, 0.5) is 0 Å². The second kappa shape index (κ2) is 7.97. The van der Waals surface area contributed by atoms with E-state index in [2.05, 4.69) is 40.4 Å². The molecule has 1 aliphatic heterocycles. The second-order valence-electron chi connectivity index (χ2n) is 7.68. The molecule has 3 unspecified atom stereocenters. The number of hydrogen-bond donors (Lipinski definition) is 2. The lowest BCUT2D eigenvalue weighted by atomic mass is 9.84. The van der Waals surface area contributed by atoms with Gasteiger partial charge in [0.05, 0.1) is 17.2 Å². The molecule has 3 atom stereocenters. The van der Waals surface area contributed by atoms with Gasteiger partial charge in [-0.05, 0) is 61.8 Å². The van der Waals surface area contributed by atoms with Crippen molar-refractivity contribution in [3.63, 3.8) is 0 Å². The Bertz CT molecular complexity index is 925. The highest BCUT2D eigenvalue weighted by Crippen LogP contribution is 2.36. The van der Waals surface area contributed by atoms with Gasteiger partial charge in [-0.25, -0.2) is 9.97 Å². The zero-order valence-electron chi connectivity index (χ0n) is 15.5. The molecule has 1 saturated heterocycles. The van der Waals surface area contributed by atoms with Gasteiger partial charge < -0.3 is 15.8 Å². The van der Waals surface area contributed by atoms with E-state index >= 15 is 0 Å². The van der Waals surface area contributed by atoms with Crippen molar-refractivity contribution in [2.45, 2.75) is 57.0 Å². The average molecular weight is 387 g/mol. The van der Waals surface area contributed by atoms with Gasteiger partial charge in [0.1, 0.15) is 5.82 Å². The fraction of sp³-hybridized carbons (Fsp3) is 0.429. The van der Waals surface area contributed by atoms with E-state index in [0.717, 1.165) is 29.7 Å². The van der Waals surface area contributed by atoms with Crippen molar-refractivity contribution in [1.29, 1.82) is 0 Å². The molecule has 5 nitrogen and oxygen atoms in total. The average Bonchev–Trinajstić information content (AvgIpc) is 3.28. The van der Waals surface area contributed by atoms with Crippen molar-refractivity contribution < 1.29 is 5.48 Å². The van der Waals surface area contributed by atoms with Gasteiger partial charge in [-0.2, -0.15) is 0 Å². The maximum absolute atomic E-state index is 4.81. The Morgan fingerprint density at radius 3 is 2.81 bits per heavy atom.